The molecule has 15 heavy (non-hydrogen) atoms. The molecule has 0 aromatic heterocycles. The monoisotopic (exact) mass is 210 g/mol. The molecule has 0 fully saturated rings. The maximum atomic E-state index is 9.88. The zero-order valence-corrected chi connectivity index (χ0v) is 10.4. The zero-order valence-electron chi connectivity index (χ0n) is 10.4. The molecule has 1 atom stereocenters. The highest BCUT2D eigenvalue weighted by atomic mass is 16.3. The molecule has 0 aromatic rings. The summed E-state index contributed by atoms with van der Waals surface area (Å²) in [5.41, 5.74) is -0.826. The second-order valence-corrected chi connectivity index (χ2v) is 4.90. The van der Waals surface area contributed by atoms with Crippen LogP contribution in [0.15, 0.2) is 11.6 Å². The van der Waals surface area contributed by atoms with E-state index in [0.29, 0.717) is 6.42 Å². The molecule has 2 nitrogen and oxygen atoms in total. The lowest BCUT2D eigenvalue weighted by molar-refractivity contribution is 0.109. The quantitative estimate of drug-likeness (QED) is 0.554. The van der Waals surface area contributed by atoms with Gasteiger partial charge >= 0.3 is 0 Å². The average molecular weight is 210 g/mol. The summed E-state index contributed by atoms with van der Waals surface area (Å²) in [6, 6.07) is 0. The Morgan fingerprint density at radius 2 is 1.67 bits per heavy atom. The molecule has 0 spiro atoms. The van der Waals surface area contributed by atoms with E-state index in [1.165, 1.54) is 5.57 Å². The molecular formula is C13H22O2. The van der Waals surface area contributed by atoms with Crippen LogP contribution >= 0.6 is 0 Å². The van der Waals surface area contributed by atoms with Crippen LogP contribution in [0.4, 0.5) is 0 Å². The summed E-state index contributed by atoms with van der Waals surface area (Å²) >= 11 is 0. The number of aliphatic hydroxyl groups is 2. The van der Waals surface area contributed by atoms with Crippen molar-refractivity contribution < 1.29 is 10.2 Å². The van der Waals surface area contributed by atoms with Crippen molar-refractivity contribution in [1.29, 1.82) is 0 Å². The average Bonchev–Trinajstić information content (AvgIpc) is 1.99. The molecule has 0 saturated carbocycles. The second kappa shape index (κ2) is 5.34. The molecule has 1 unspecified atom stereocenters. The van der Waals surface area contributed by atoms with Crippen molar-refractivity contribution in [2.24, 2.45) is 0 Å². The van der Waals surface area contributed by atoms with E-state index in [0.717, 1.165) is 6.42 Å². The summed E-state index contributed by atoms with van der Waals surface area (Å²) in [4.78, 5) is 0. The Morgan fingerprint density at radius 1 is 1.13 bits per heavy atom. The number of hydrogen-bond donors (Lipinski definition) is 2. The van der Waals surface area contributed by atoms with Crippen LogP contribution in [0.25, 0.3) is 0 Å². The van der Waals surface area contributed by atoms with Crippen LogP contribution in [0.5, 0.6) is 0 Å². The summed E-state index contributed by atoms with van der Waals surface area (Å²) < 4.78 is 0. The number of hydrogen-bond acceptors (Lipinski definition) is 2. The molecule has 0 amide bonds. The van der Waals surface area contributed by atoms with E-state index in [2.05, 4.69) is 17.9 Å². The van der Waals surface area contributed by atoms with E-state index in [4.69, 9.17) is 0 Å². The van der Waals surface area contributed by atoms with Crippen LogP contribution in [0.1, 0.15) is 47.5 Å². The van der Waals surface area contributed by atoms with Crippen molar-refractivity contribution in [3.8, 4) is 11.8 Å². The Balaban J connectivity index is 4.29. The Bertz CT molecular complexity index is 278. The summed E-state index contributed by atoms with van der Waals surface area (Å²) in [6.45, 7) is 8.93. The molecule has 0 bridgehead atoms. The van der Waals surface area contributed by atoms with Gasteiger partial charge in [0.2, 0.25) is 0 Å². The van der Waals surface area contributed by atoms with Gasteiger partial charge in [0.15, 0.2) is 0 Å². The third-order valence-electron chi connectivity index (χ3n) is 1.82. The van der Waals surface area contributed by atoms with Crippen molar-refractivity contribution in [1.82, 2.24) is 0 Å². The first-order valence-corrected chi connectivity index (χ1v) is 5.25. The van der Waals surface area contributed by atoms with Gasteiger partial charge in [-0.2, -0.15) is 0 Å². The van der Waals surface area contributed by atoms with E-state index < -0.39 is 11.2 Å². The van der Waals surface area contributed by atoms with Crippen molar-refractivity contribution >= 4 is 0 Å². The Kier molecular flexibility index (Phi) is 5.07. The Labute approximate surface area is 93.0 Å². The molecule has 2 heteroatoms. The van der Waals surface area contributed by atoms with Gasteiger partial charge < -0.3 is 10.2 Å². The van der Waals surface area contributed by atoms with Crippen molar-refractivity contribution in [3.63, 3.8) is 0 Å². The standard InChI is InChI=1S/C13H22O2/c1-11(2)7-6-8-13(5,15)10-9-12(3,4)14/h7,14-15H,6,8H2,1-5H3. The fourth-order valence-electron chi connectivity index (χ4n) is 0.992. The van der Waals surface area contributed by atoms with Gasteiger partial charge in [-0.25, -0.2) is 0 Å². The van der Waals surface area contributed by atoms with Crippen molar-refractivity contribution in [2.75, 3.05) is 0 Å². The van der Waals surface area contributed by atoms with Crippen LogP contribution in [0.3, 0.4) is 0 Å². The maximum Gasteiger partial charge on any atom is 0.123 e. The first kappa shape index (κ1) is 14.2. The van der Waals surface area contributed by atoms with Gasteiger partial charge in [-0.1, -0.05) is 23.5 Å². The zero-order chi connectivity index (χ0) is 12.1. The lowest BCUT2D eigenvalue weighted by atomic mass is 9.98. The minimum atomic E-state index is -1.04. The predicted molar refractivity (Wildman–Crippen MR) is 63.4 cm³/mol. The molecule has 0 aliphatic carbocycles. The van der Waals surface area contributed by atoms with E-state index in [1.807, 2.05) is 13.8 Å². The highest BCUT2D eigenvalue weighted by Gasteiger charge is 2.17. The molecule has 86 valence electrons. The summed E-state index contributed by atoms with van der Waals surface area (Å²) in [6.07, 6.45) is 3.46. The molecule has 0 heterocycles. The topological polar surface area (TPSA) is 40.5 Å². The van der Waals surface area contributed by atoms with Gasteiger partial charge in [0.25, 0.3) is 0 Å². The van der Waals surface area contributed by atoms with Gasteiger partial charge in [0.1, 0.15) is 11.2 Å². The fourth-order valence-corrected chi connectivity index (χ4v) is 0.992. The van der Waals surface area contributed by atoms with Gasteiger partial charge in [-0.15, -0.1) is 0 Å². The molecule has 0 saturated heterocycles. The summed E-state index contributed by atoms with van der Waals surface area (Å²) in [5, 5.41) is 19.3. The van der Waals surface area contributed by atoms with E-state index in [9.17, 15) is 10.2 Å². The molecule has 0 rings (SSSR count). The van der Waals surface area contributed by atoms with Gasteiger partial charge in [0, 0.05) is 0 Å². The van der Waals surface area contributed by atoms with Crippen molar-refractivity contribution in [2.45, 2.75) is 58.7 Å². The highest BCUT2D eigenvalue weighted by Crippen LogP contribution is 2.13. The number of rotatable bonds is 3. The molecule has 2 N–H and O–H groups in total. The summed E-state index contributed by atoms with van der Waals surface area (Å²) in [7, 11) is 0. The fraction of sp³-hybridized carbons (Fsp3) is 0.692. The number of allylic oxidation sites excluding steroid dienone is 2. The van der Waals surface area contributed by atoms with Crippen molar-refractivity contribution in [3.05, 3.63) is 11.6 Å². The summed E-state index contributed by atoms with van der Waals surface area (Å²) in [5.74, 6) is 5.33. The third kappa shape index (κ3) is 9.52. The SMILES string of the molecule is CC(C)=CCCC(C)(O)C#CC(C)(C)O. The van der Waals surface area contributed by atoms with Gasteiger partial charge in [0.05, 0.1) is 0 Å². The van der Waals surface area contributed by atoms with Crippen LogP contribution in [-0.4, -0.2) is 21.4 Å². The van der Waals surface area contributed by atoms with E-state index >= 15 is 0 Å². The lowest BCUT2D eigenvalue weighted by Gasteiger charge is -2.16. The third-order valence-corrected chi connectivity index (χ3v) is 1.82. The first-order valence-electron chi connectivity index (χ1n) is 5.25. The smallest absolute Gasteiger partial charge is 0.123 e. The van der Waals surface area contributed by atoms with Crippen LogP contribution < -0.4 is 0 Å². The maximum absolute atomic E-state index is 9.88. The highest BCUT2D eigenvalue weighted by molar-refractivity contribution is 5.18. The van der Waals surface area contributed by atoms with Crippen LogP contribution in [0, 0.1) is 11.8 Å². The molecular weight excluding hydrogens is 188 g/mol. The predicted octanol–water partition coefficient (Wildman–Crippen LogP) is 2.26. The Morgan fingerprint density at radius 3 is 2.07 bits per heavy atom. The van der Waals surface area contributed by atoms with Gasteiger partial charge in [-0.3, -0.25) is 0 Å². The Hall–Kier alpha value is -0.780. The normalized spacial score (nSPS) is 14.9. The minimum Gasteiger partial charge on any atom is -0.378 e. The molecule has 0 aliphatic rings. The molecule has 0 aliphatic heterocycles. The molecule has 0 aromatic carbocycles. The van der Waals surface area contributed by atoms with Crippen LogP contribution in [0.2, 0.25) is 0 Å². The van der Waals surface area contributed by atoms with E-state index in [-0.39, 0.29) is 0 Å². The van der Waals surface area contributed by atoms with E-state index in [1.54, 1.807) is 20.8 Å². The molecule has 0 radical (unpaired) electrons. The van der Waals surface area contributed by atoms with Crippen LogP contribution in [-0.2, 0) is 0 Å². The lowest BCUT2D eigenvalue weighted by Crippen LogP contribution is -2.23. The minimum absolute atomic E-state index is 0.585. The second-order valence-electron chi connectivity index (χ2n) is 4.90. The first-order chi connectivity index (χ1) is 6.62. The largest absolute Gasteiger partial charge is 0.378 e. The van der Waals surface area contributed by atoms with Gasteiger partial charge in [-0.05, 0) is 47.5 Å².